The van der Waals surface area contributed by atoms with Crippen molar-refractivity contribution in [1.82, 2.24) is 25.6 Å². The molecule has 2 N–H and O–H groups in total. The molecule has 2 fully saturated rings. The van der Waals surface area contributed by atoms with Crippen molar-refractivity contribution < 1.29 is 9.32 Å². The summed E-state index contributed by atoms with van der Waals surface area (Å²) in [5.74, 6) is 2.41. The fourth-order valence-electron chi connectivity index (χ4n) is 4.49. The van der Waals surface area contributed by atoms with Gasteiger partial charge in [-0.1, -0.05) is 31.8 Å². The zero-order chi connectivity index (χ0) is 21.3. The molecule has 1 aromatic heterocycles. The van der Waals surface area contributed by atoms with Crippen LogP contribution in [0.3, 0.4) is 0 Å². The third-order valence-electron chi connectivity index (χ3n) is 6.37. The maximum Gasteiger partial charge on any atom is 0.225 e. The summed E-state index contributed by atoms with van der Waals surface area (Å²) in [4.78, 5) is 21.4. The Morgan fingerprint density at radius 3 is 2.50 bits per heavy atom. The number of hydrogen-bond donors (Lipinski definition) is 2. The maximum absolute atomic E-state index is 12.6. The van der Waals surface area contributed by atoms with Crippen molar-refractivity contribution in [2.24, 2.45) is 10.9 Å². The van der Waals surface area contributed by atoms with Crippen LogP contribution in [0.1, 0.15) is 56.5 Å². The fraction of sp³-hybridized carbons (Fsp3) is 0.773. The number of carbonyl (C=O) groups is 1. The Kier molecular flexibility index (Phi) is 8.54. The lowest BCUT2D eigenvalue weighted by molar-refractivity contribution is -0.137. The number of aromatic nitrogens is 1. The van der Waals surface area contributed by atoms with E-state index >= 15 is 0 Å². The summed E-state index contributed by atoms with van der Waals surface area (Å²) in [6.07, 6.45) is 6.31. The number of carbonyl (C=O) groups excluding carboxylic acids is 1. The maximum atomic E-state index is 12.6. The van der Waals surface area contributed by atoms with Crippen molar-refractivity contribution in [1.29, 1.82) is 0 Å². The fourth-order valence-corrected chi connectivity index (χ4v) is 4.49. The van der Waals surface area contributed by atoms with E-state index in [4.69, 9.17) is 4.52 Å². The van der Waals surface area contributed by atoms with Gasteiger partial charge in [0.1, 0.15) is 5.76 Å². The molecule has 0 atom stereocenters. The lowest BCUT2D eigenvalue weighted by Crippen LogP contribution is -2.51. The van der Waals surface area contributed by atoms with E-state index in [1.54, 1.807) is 7.05 Å². The lowest BCUT2D eigenvalue weighted by atomic mass is 10.1. The number of rotatable bonds is 8. The zero-order valence-electron chi connectivity index (χ0n) is 18.9. The summed E-state index contributed by atoms with van der Waals surface area (Å²) in [6, 6.07) is 0. The molecule has 1 aliphatic carbocycles. The van der Waals surface area contributed by atoms with Crippen LogP contribution in [-0.4, -0.2) is 73.1 Å². The molecule has 1 amide bonds. The summed E-state index contributed by atoms with van der Waals surface area (Å²) >= 11 is 0. The van der Waals surface area contributed by atoms with E-state index in [0.717, 1.165) is 87.9 Å². The van der Waals surface area contributed by atoms with Crippen LogP contribution in [0, 0.1) is 5.92 Å². The number of aryl methyl sites for hydroxylation is 2. The van der Waals surface area contributed by atoms with Crippen molar-refractivity contribution >= 4 is 11.9 Å². The second-order valence-electron chi connectivity index (χ2n) is 8.24. The quantitative estimate of drug-likeness (QED) is 0.495. The van der Waals surface area contributed by atoms with Crippen LogP contribution in [0.2, 0.25) is 0 Å². The summed E-state index contributed by atoms with van der Waals surface area (Å²) in [7, 11) is 1.79. The molecular formula is C22H38N6O2. The van der Waals surface area contributed by atoms with Gasteiger partial charge in [0, 0.05) is 70.8 Å². The zero-order valence-corrected chi connectivity index (χ0v) is 18.9. The topological polar surface area (TPSA) is 86.0 Å². The second kappa shape index (κ2) is 11.3. The monoisotopic (exact) mass is 418 g/mol. The van der Waals surface area contributed by atoms with Crippen LogP contribution < -0.4 is 10.6 Å². The van der Waals surface area contributed by atoms with Gasteiger partial charge in [-0.15, -0.1) is 0 Å². The Bertz CT molecular complexity index is 681. The number of piperazine rings is 1. The molecule has 1 aromatic rings. The molecule has 0 aromatic carbocycles. The molecule has 3 rings (SSSR count). The van der Waals surface area contributed by atoms with Gasteiger partial charge in [-0.05, 0) is 19.3 Å². The molecule has 0 bridgehead atoms. The Morgan fingerprint density at radius 2 is 1.87 bits per heavy atom. The molecule has 30 heavy (non-hydrogen) atoms. The highest BCUT2D eigenvalue weighted by Gasteiger charge is 2.29. The number of amides is 1. The van der Waals surface area contributed by atoms with Gasteiger partial charge < -0.3 is 20.1 Å². The van der Waals surface area contributed by atoms with Gasteiger partial charge in [0.2, 0.25) is 5.91 Å². The van der Waals surface area contributed by atoms with Crippen molar-refractivity contribution in [3.63, 3.8) is 0 Å². The first-order valence-electron chi connectivity index (χ1n) is 11.6. The minimum atomic E-state index is 0.291. The van der Waals surface area contributed by atoms with E-state index in [2.05, 4.69) is 44.4 Å². The van der Waals surface area contributed by atoms with Gasteiger partial charge in [0.15, 0.2) is 5.96 Å². The highest BCUT2D eigenvalue weighted by atomic mass is 16.5. The molecule has 1 saturated heterocycles. The predicted molar refractivity (Wildman–Crippen MR) is 118 cm³/mol. The highest BCUT2D eigenvalue weighted by molar-refractivity contribution is 5.80. The molecular weight excluding hydrogens is 380 g/mol. The van der Waals surface area contributed by atoms with Gasteiger partial charge >= 0.3 is 0 Å². The van der Waals surface area contributed by atoms with Gasteiger partial charge in [0.05, 0.1) is 5.69 Å². The number of aliphatic imine (C=N–C) groups is 1. The van der Waals surface area contributed by atoms with Crippen LogP contribution in [0.5, 0.6) is 0 Å². The lowest BCUT2D eigenvalue weighted by Gasteiger charge is -2.36. The van der Waals surface area contributed by atoms with E-state index in [9.17, 15) is 4.79 Å². The van der Waals surface area contributed by atoms with Crippen LogP contribution >= 0.6 is 0 Å². The van der Waals surface area contributed by atoms with E-state index in [-0.39, 0.29) is 0 Å². The molecule has 2 heterocycles. The summed E-state index contributed by atoms with van der Waals surface area (Å²) in [5.41, 5.74) is 2.16. The van der Waals surface area contributed by atoms with Crippen LogP contribution in [0.15, 0.2) is 9.52 Å². The molecule has 0 unspecified atom stereocenters. The van der Waals surface area contributed by atoms with Gasteiger partial charge in [0.25, 0.3) is 0 Å². The third kappa shape index (κ3) is 5.74. The standard InChI is InChI=1S/C22H38N6O2/c1-4-19-18(20(5-2)30-26-19)16-25-22(23-3)24-10-11-27-12-14-28(15-13-27)21(29)17-8-6-7-9-17/h17H,4-16H2,1-3H3,(H2,23,24,25). The summed E-state index contributed by atoms with van der Waals surface area (Å²) < 4.78 is 5.44. The first-order chi connectivity index (χ1) is 14.7. The first-order valence-corrected chi connectivity index (χ1v) is 11.6. The Balaban J connectivity index is 1.36. The van der Waals surface area contributed by atoms with Crippen molar-refractivity contribution in [3.05, 3.63) is 17.0 Å². The third-order valence-corrected chi connectivity index (χ3v) is 6.37. The van der Waals surface area contributed by atoms with Gasteiger partial charge in [-0.25, -0.2) is 0 Å². The predicted octanol–water partition coefficient (Wildman–Crippen LogP) is 1.80. The minimum absolute atomic E-state index is 0.291. The van der Waals surface area contributed by atoms with Crippen molar-refractivity contribution in [3.8, 4) is 0 Å². The van der Waals surface area contributed by atoms with Crippen LogP contribution in [0.25, 0.3) is 0 Å². The molecule has 0 radical (unpaired) electrons. The first kappa shape index (κ1) is 22.6. The average molecular weight is 419 g/mol. The molecule has 2 aliphatic rings. The van der Waals surface area contributed by atoms with Crippen LogP contribution in [-0.2, 0) is 24.2 Å². The molecule has 0 spiro atoms. The number of nitrogens with one attached hydrogen (secondary N) is 2. The Hall–Kier alpha value is -2.09. The molecule has 1 aliphatic heterocycles. The molecule has 168 valence electrons. The average Bonchev–Trinajstić information content (AvgIpc) is 3.45. The molecule has 8 nitrogen and oxygen atoms in total. The van der Waals surface area contributed by atoms with Crippen molar-refractivity contribution in [2.75, 3.05) is 46.3 Å². The Labute approximate surface area is 180 Å². The number of guanidine groups is 1. The smallest absolute Gasteiger partial charge is 0.225 e. The highest BCUT2D eigenvalue weighted by Crippen LogP contribution is 2.26. The SMILES string of the molecule is CCc1noc(CC)c1CNC(=NC)NCCN1CCN(C(=O)C2CCCC2)CC1. The number of nitrogens with zero attached hydrogens (tertiary/aromatic N) is 4. The van der Waals surface area contributed by atoms with E-state index in [1.165, 1.54) is 12.8 Å². The van der Waals surface area contributed by atoms with Crippen molar-refractivity contribution in [2.45, 2.75) is 58.9 Å². The molecule has 1 saturated carbocycles. The van der Waals surface area contributed by atoms with E-state index < -0.39 is 0 Å². The summed E-state index contributed by atoms with van der Waals surface area (Å²) in [6.45, 7) is 10.2. The minimum Gasteiger partial charge on any atom is -0.361 e. The van der Waals surface area contributed by atoms with Gasteiger partial charge in [-0.3, -0.25) is 14.7 Å². The van der Waals surface area contributed by atoms with E-state index in [1.807, 2.05) is 0 Å². The van der Waals surface area contributed by atoms with Crippen LogP contribution in [0.4, 0.5) is 0 Å². The largest absolute Gasteiger partial charge is 0.361 e. The van der Waals surface area contributed by atoms with Gasteiger partial charge in [-0.2, -0.15) is 0 Å². The van der Waals surface area contributed by atoms with E-state index in [0.29, 0.717) is 18.4 Å². The normalized spacial score (nSPS) is 18.8. The summed E-state index contributed by atoms with van der Waals surface area (Å²) in [5, 5.41) is 10.9. The Morgan fingerprint density at radius 1 is 1.13 bits per heavy atom. The number of hydrogen-bond acceptors (Lipinski definition) is 5. The molecule has 8 heteroatoms. The second-order valence-corrected chi connectivity index (χ2v) is 8.24.